The maximum Gasteiger partial charge on any atom is 0.280 e. The van der Waals surface area contributed by atoms with E-state index in [-0.39, 0.29) is 11.4 Å². The highest BCUT2D eigenvalue weighted by molar-refractivity contribution is 14.1. The van der Waals surface area contributed by atoms with Crippen LogP contribution < -0.4 is 5.73 Å². The van der Waals surface area contributed by atoms with Crippen LogP contribution in [0.25, 0.3) is 0 Å². The Morgan fingerprint density at radius 1 is 1.64 bits per heavy atom. The normalized spacial score (nSPS) is 10.6. The van der Waals surface area contributed by atoms with E-state index in [1.807, 2.05) is 22.6 Å². The van der Waals surface area contributed by atoms with Crippen molar-refractivity contribution in [2.45, 2.75) is 13.3 Å². The summed E-state index contributed by atoms with van der Waals surface area (Å²) < 4.78 is 25.3. The second-order valence-corrected chi connectivity index (χ2v) is 3.85. The summed E-state index contributed by atoms with van der Waals surface area (Å²) in [5.74, 6) is -0.795. The number of halogens is 3. The van der Waals surface area contributed by atoms with Gasteiger partial charge in [0.1, 0.15) is 11.4 Å². The molecule has 0 atom stereocenters. The average Bonchev–Trinajstić information content (AvgIpc) is 2.02. The van der Waals surface area contributed by atoms with Crippen molar-refractivity contribution in [2.75, 3.05) is 0 Å². The molecule has 2 N–H and O–H groups in total. The third-order valence-electron chi connectivity index (χ3n) is 1.65. The van der Waals surface area contributed by atoms with Crippen molar-refractivity contribution in [2.24, 2.45) is 5.73 Å². The number of primary amides is 1. The fraction of sp³-hybridized carbons (Fsp3) is 0.250. The highest BCUT2D eigenvalue weighted by atomic mass is 127. The lowest BCUT2D eigenvalue weighted by Gasteiger charge is -2.06. The molecule has 1 aromatic heterocycles. The van der Waals surface area contributed by atoms with Gasteiger partial charge in [0.15, 0.2) is 0 Å². The fourth-order valence-electron chi connectivity index (χ4n) is 0.988. The van der Waals surface area contributed by atoms with E-state index in [0.717, 1.165) is 0 Å². The molecule has 3 nitrogen and oxygen atoms in total. The van der Waals surface area contributed by atoms with Crippen molar-refractivity contribution >= 4 is 28.5 Å². The predicted octanol–water partition coefficient (Wildman–Crippen LogP) is 2.03. The molecule has 0 aromatic carbocycles. The van der Waals surface area contributed by atoms with Crippen molar-refractivity contribution < 1.29 is 13.6 Å². The first kappa shape index (κ1) is 11.3. The predicted molar refractivity (Wildman–Crippen MR) is 55.2 cm³/mol. The van der Waals surface area contributed by atoms with Gasteiger partial charge in [-0.25, -0.2) is 13.8 Å². The first-order valence-corrected chi connectivity index (χ1v) is 4.76. The van der Waals surface area contributed by atoms with Crippen LogP contribution >= 0.6 is 22.6 Å². The molecule has 1 aromatic rings. The summed E-state index contributed by atoms with van der Waals surface area (Å²) in [5, 5.41) is 0. The monoisotopic (exact) mass is 312 g/mol. The Bertz CT molecular complexity index is 382. The topological polar surface area (TPSA) is 56.0 Å². The first-order chi connectivity index (χ1) is 6.43. The zero-order chi connectivity index (χ0) is 10.9. The highest BCUT2D eigenvalue weighted by Crippen LogP contribution is 2.23. The molecule has 0 saturated carbocycles. The molecule has 0 aliphatic carbocycles. The minimum absolute atomic E-state index is 0.105. The lowest BCUT2D eigenvalue weighted by Crippen LogP contribution is -2.16. The summed E-state index contributed by atoms with van der Waals surface area (Å²) in [6, 6.07) is 1.47. The molecule has 14 heavy (non-hydrogen) atoms. The van der Waals surface area contributed by atoms with Gasteiger partial charge < -0.3 is 5.73 Å². The van der Waals surface area contributed by atoms with Gasteiger partial charge in [-0.1, -0.05) is 0 Å². The Balaban J connectivity index is 3.34. The third kappa shape index (κ3) is 2.17. The molecular weight excluding hydrogens is 305 g/mol. The number of hydrogen-bond donors (Lipinski definition) is 1. The second-order valence-electron chi connectivity index (χ2n) is 2.69. The number of carbonyl (C=O) groups is 1. The van der Waals surface area contributed by atoms with E-state index in [4.69, 9.17) is 5.73 Å². The zero-order valence-electron chi connectivity index (χ0n) is 7.22. The largest absolute Gasteiger partial charge is 0.364 e. The Morgan fingerprint density at radius 3 is 2.64 bits per heavy atom. The van der Waals surface area contributed by atoms with Gasteiger partial charge in [-0.15, -0.1) is 0 Å². The van der Waals surface area contributed by atoms with Crippen LogP contribution in [-0.4, -0.2) is 10.9 Å². The molecular formula is C8H7F2IN2O. The first-order valence-electron chi connectivity index (χ1n) is 3.68. The number of hydrogen-bond acceptors (Lipinski definition) is 2. The molecule has 0 unspecified atom stereocenters. The van der Waals surface area contributed by atoms with Crippen molar-refractivity contribution in [3.63, 3.8) is 0 Å². The van der Waals surface area contributed by atoms with E-state index in [2.05, 4.69) is 4.98 Å². The Hall–Kier alpha value is -0.790. The van der Waals surface area contributed by atoms with Gasteiger partial charge in [-0.3, -0.25) is 4.79 Å². The van der Waals surface area contributed by atoms with Crippen LogP contribution in [0.2, 0.25) is 0 Å². The van der Waals surface area contributed by atoms with E-state index in [9.17, 15) is 13.6 Å². The highest BCUT2D eigenvalue weighted by Gasteiger charge is 2.17. The molecule has 76 valence electrons. The smallest absolute Gasteiger partial charge is 0.280 e. The standard InChI is InChI=1S/C8H7F2IN2O/c1-3-2-4(11)6(8(12)14)13-5(3)7(9)10/h2,7H,1H3,(H2,12,14). The van der Waals surface area contributed by atoms with Crippen LogP contribution in [-0.2, 0) is 0 Å². The zero-order valence-corrected chi connectivity index (χ0v) is 9.38. The van der Waals surface area contributed by atoms with Crippen LogP contribution in [0.3, 0.4) is 0 Å². The molecule has 0 bridgehead atoms. The fourth-order valence-corrected chi connectivity index (χ4v) is 1.84. The van der Waals surface area contributed by atoms with Gasteiger partial charge in [-0.2, -0.15) is 0 Å². The van der Waals surface area contributed by atoms with E-state index < -0.39 is 12.3 Å². The number of alkyl halides is 2. The van der Waals surface area contributed by atoms with Gasteiger partial charge in [-0.05, 0) is 41.1 Å². The summed E-state index contributed by atoms with van der Waals surface area (Å²) in [5.41, 5.74) is 4.84. The average molecular weight is 312 g/mol. The number of aromatic nitrogens is 1. The molecule has 1 heterocycles. The van der Waals surface area contributed by atoms with Gasteiger partial charge in [0.2, 0.25) is 0 Å². The SMILES string of the molecule is Cc1cc(I)c(C(N)=O)nc1C(F)F. The summed E-state index contributed by atoms with van der Waals surface area (Å²) in [4.78, 5) is 14.4. The molecule has 0 radical (unpaired) electrons. The second kappa shape index (κ2) is 4.16. The Labute approximate surface area is 92.8 Å². The number of amides is 1. The minimum Gasteiger partial charge on any atom is -0.364 e. The number of carbonyl (C=O) groups excluding carboxylic acids is 1. The molecule has 1 amide bonds. The summed E-state index contributed by atoms with van der Waals surface area (Å²) in [6.45, 7) is 1.52. The van der Waals surface area contributed by atoms with Crippen LogP contribution in [0.1, 0.15) is 28.2 Å². The van der Waals surface area contributed by atoms with Gasteiger partial charge >= 0.3 is 0 Å². The summed E-state index contributed by atoms with van der Waals surface area (Å²) >= 11 is 1.83. The number of aryl methyl sites for hydroxylation is 1. The van der Waals surface area contributed by atoms with Crippen LogP contribution in [0.4, 0.5) is 8.78 Å². The lowest BCUT2D eigenvalue weighted by molar-refractivity contribution is 0.0992. The summed E-state index contributed by atoms with van der Waals surface area (Å²) in [6.07, 6.45) is -2.69. The van der Waals surface area contributed by atoms with Crippen LogP contribution in [0.5, 0.6) is 0 Å². The molecule has 0 spiro atoms. The maximum atomic E-state index is 12.4. The number of nitrogens with zero attached hydrogens (tertiary/aromatic N) is 1. The van der Waals surface area contributed by atoms with E-state index in [0.29, 0.717) is 9.13 Å². The van der Waals surface area contributed by atoms with Crippen molar-refractivity contribution in [3.05, 3.63) is 26.6 Å². The Kier molecular flexibility index (Phi) is 3.35. The van der Waals surface area contributed by atoms with E-state index in [1.54, 1.807) is 0 Å². The molecule has 6 heteroatoms. The quantitative estimate of drug-likeness (QED) is 0.850. The molecule has 0 aliphatic rings. The van der Waals surface area contributed by atoms with Crippen molar-refractivity contribution in [1.29, 1.82) is 0 Å². The van der Waals surface area contributed by atoms with Crippen LogP contribution in [0, 0.1) is 10.5 Å². The molecule has 1 rings (SSSR count). The van der Waals surface area contributed by atoms with E-state index >= 15 is 0 Å². The lowest BCUT2D eigenvalue weighted by atomic mass is 10.2. The van der Waals surface area contributed by atoms with Crippen LogP contribution in [0.15, 0.2) is 6.07 Å². The number of nitrogens with two attached hydrogens (primary N) is 1. The number of rotatable bonds is 2. The van der Waals surface area contributed by atoms with Gasteiger partial charge in [0, 0.05) is 3.57 Å². The van der Waals surface area contributed by atoms with Gasteiger partial charge in [0.25, 0.3) is 12.3 Å². The van der Waals surface area contributed by atoms with Gasteiger partial charge in [0.05, 0.1) is 0 Å². The van der Waals surface area contributed by atoms with E-state index in [1.165, 1.54) is 13.0 Å². The molecule has 0 saturated heterocycles. The molecule has 0 aliphatic heterocycles. The Morgan fingerprint density at radius 2 is 2.21 bits per heavy atom. The summed E-state index contributed by atoms with van der Waals surface area (Å²) in [7, 11) is 0. The third-order valence-corrected chi connectivity index (χ3v) is 2.47. The van der Waals surface area contributed by atoms with Crippen molar-refractivity contribution in [3.8, 4) is 0 Å². The molecule has 0 fully saturated rings. The minimum atomic E-state index is -2.69. The number of pyridine rings is 1. The van der Waals surface area contributed by atoms with Crippen molar-refractivity contribution in [1.82, 2.24) is 4.98 Å². The maximum absolute atomic E-state index is 12.4.